The van der Waals surface area contributed by atoms with Crippen molar-refractivity contribution >= 4 is 17.5 Å². The van der Waals surface area contributed by atoms with Gasteiger partial charge in [-0.2, -0.15) is 0 Å². The van der Waals surface area contributed by atoms with Gasteiger partial charge in [-0.3, -0.25) is 4.79 Å². The van der Waals surface area contributed by atoms with E-state index in [0.717, 1.165) is 25.3 Å². The minimum Gasteiger partial charge on any atom is -0.378 e. The first-order valence-electron chi connectivity index (χ1n) is 7.01. The van der Waals surface area contributed by atoms with E-state index in [1.807, 2.05) is 0 Å². The van der Waals surface area contributed by atoms with Gasteiger partial charge in [0.25, 0.3) is 5.91 Å². The number of carbonyl (C=O) groups excluding carboxylic acids is 1. The number of carbonyl (C=O) groups is 1. The summed E-state index contributed by atoms with van der Waals surface area (Å²) in [5.41, 5.74) is 0.0195. The molecule has 1 aliphatic carbocycles. The molecule has 0 aromatic heterocycles. The van der Waals surface area contributed by atoms with Crippen molar-refractivity contribution in [1.82, 2.24) is 5.32 Å². The largest absolute Gasteiger partial charge is 0.378 e. The van der Waals surface area contributed by atoms with Crippen molar-refractivity contribution in [3.63, 3.8) is 0 Å². The van der Waals surface area contributed by atoms with E-state index >= 15 is 0 Å². The Labute approximate surface area is 123 Å². The predicted octanol–water partition coefficient (Wildman–Crippen LogP) is 3.56. The Bertz CT molecular complexity index is 461. The predicted molar refractivity (Wildman–Crippen MR) is 76.6 cm³/mol. The van der Waals surface area contributed by atoms with Gasteiger partial charge in [0.2, 0.25) is 0 Å². The minimum atomic E-state index is -0.600. The summed E-state index contributed by atoms with van der Waals surface area (Å²) in [6, 6.07) is 4.03. The van der Waals surface area contributed by atoms with Crippen LogP contribution in [0.15, 0.2) is 18.2 Å². The molecule has 1 fully saturated rings. The zero-order valence-corrected chi connectivity index (χ0v) is 12.1. The highest BCUT2D eigenvalue weighted by Crippen LogP contribution is 2.20. The normalized spacial score (nSPS) is 15.5. The van der Waals surface area contributed by atoms with E-state index < -0.39 is 11.7 Å². The van der Waals surface area contributed by atoms with Gasteiger partial charge in [-0.05, 0) is 37.5 Å². The van der Waals surface area contributed by atoms with E-state index in [1.165, 1.54) is 25.0 Å². The molecule has 1 aromatic rings. The standard InChI is InChI=1S/C15H19ClFNO2/c16-11-6-7-13(14(17)10-11)15(19)18-8-3-9-20-12-4-1-2-5-12/h6-7,10,12H,1-5,8-9H2,(H,18,19). The number of rotatable bonds is 6. The van der Waals surface area contributed by atoms with Crippen LogP contribution in [0.25, 0.3) is 0 Å². The molecule has 20 heavy (non-hydrogen) atoms. The molecular weight excluding hydrogens is 281 g/mol. The summed E-state index contributed by atoms with van der Waals surface area (Å²) in [5, 5.41) is 2.96. The molecule has 3 nitrogen and oxygen atoms in total. The number of ether oxygens (including phenoxy) is 1. The van der Waals surface area contributed by atoms with Crippen molar-refractivity contribution in [2.45, 2.75) is 38.2 Å². The quantitative estimate of drug-likeness (QED) is 0.816. The van der Waals surface area contributed by atoms with Crippen LogP contribution in [0, 0.1) is 5.82 Å². The van der Waals surface area contributed by atoms with Gasteiger partial charge < -0.3 is 10.1 Å². The average Bonchev–Trinajstić information content (AvgIpc) is 2.91. The lowest BCUT2D eigenvalue weighted by molar-refractivity contribution is 0.0565. The lowest BCUT2D eigenvalue weighted by Crippen LogP contribution is -2.26. The summed E-state index contributed by atoms with van der Waals surface area (Å²) in [6.45, 7) is 1.11. The van der Waals surface area contributed by atoms with Gasteiger partial charge in [0, 0.05) is 18.2 Å². The first-order chi connectivity index (χ1) is 9.66. The lowest BCUT2D eigenvalue weighted by atomic mass is 10.2. The van der Waals surface area contributed by atoms with Crippen LogP contribution in [0.1, 0.15) is 42.5 Å². The van der Waals surface area contributed by atoms with E-state index in [2.05, 4.69) is 5.32 Å². The summed E-state index contributed by atoms with van der Waals surface area (Å²) in [7, 11) is 0. The molecule has 1 saturated carbocycles. The summed E-state index contributed by atoms with van der Waals surface area (Å²) in [6.07, 6.45) is 5.90. The van der Waals surface area contributed by atoms with E-state index in [0.29, 0.717) is 19.3 Å². The highest BCUT2D eigenvalue weighted by atomic mass is 35.5. The van der Waals surface area contributed by atoms with Crippen LogP contribution in [0.4, 0.5) is 4.39 Å². The number of amides is 1. The molecule has 0 spiro atoms. The zero-order valence-electron chi connectivity index (χ0n) is 11.3. The average molecular weight is 300 g/mol. The van der Waals surface area contributed by atoms with Crippen molar-refractivity contribution in [3.8, 4) is 0 Å². The van der Waals surface area contributed by atoms with Gasteiger partial charge in [0.15, 0.2) is 0 Å². The molecule has 1 aromatic carbocycles. The van der Waals surface area contributed by atoms with E-state index in [-0.39, 0.29) is 10.6 Å². The molecule has 2 rings (SSSR count). The fourth-order valence-corrected chi connectivity index (χ4v) is 2.51. The van der Waals surface area contributed by atoms with Gasteiger partial charge in [0.1, 0.15) is 5.82 Å². The maximum Gasteiger partial charge on any atom is 0.254 e. The third kappa shape index (κ3) is 4.46. The van der Waals surface area contributed by atoms with Crippen LogP contribution in [0.2, 0.25) is 5.02 Å². The Balaban J connectivity index is 1.66. The van der Waals surface area contributed by atoms with E-state index in [9.17, 15) is 9.18 Å². The second kappa shape index (κ2) is 7.60. The second-order valence-electron chi connectivity index (χ2n) is 5.01. The Morgan fingerprint density at radius 1 is 1.40 bits per heavy atom. The summed E-state index contributed by atoms with van der Waals surface area (Å²) >= 11 is 5.64. The summed E-state index contributed by atoms with van der Waals surface area (Å²) < 4.78 is 19.2. The van der Waals surface area contributed by atoms with Crippen molar-refractivity contribution in [2.24, 2.45) is 0 Å². The van der Waals surface area contributed by atoms with Crippen LogP contribution >= 0.6 is 11.6 Å². The molecule has 0 bridgehead atoms. The zero-order chi connectivity index (χ0) is 14.4. The van der Waals surface area contributed by atoms with Gasteiger partial charge in [-0.15, -0.1) is 0 Å². The molecule has 1 aliphatic rings. The maximum atomic E-state index is 13.5. The molecule has 0 atom stereocenters. The van der Waals surface area contributed by atoms with Crippen molar-refractivity contribution in [1.29, 1.82) is 0 Å². The Morgan fingerprint density at radius 2 is 2.15 bits per heavy atom. The molecule has 110 valence electrons. The van der Waals surface area contributed by atoms with Crippen LogP contribution in [0.3, 0.4) is 0 Å². The first-order valence-corrected chi connectivity index (χ1v) is 7.39. The molecule has 1 N–H and O–H groups in total. The van der Waals surface area contributed by atoms with Crippen LogP contribution in [-0.4, -0.2) is 25.2 Å². The minimum absolute atomic E-state index is 0.0195. The smallest absolute Gasteiger partial charge is 0.254 e. The van der Waals surface area contributed by atoms with E-state index in [1.54, 1.807) is 0 Å². The SMILES string of the molecule is O=C(NCCCOC1CCCC1)c1ccc(Cl)cc1F. The highest BCUT2D eigenvalue weighted by Gasteiger charge is 2.15. The maximum absolute atomic E-state index is 13.5. The number of benzene rings is 1. The molecular formula is C15H19ClFNO2. The van der Waals surface area contributed by atoms with Crippen LogP contribution in [-0.2, 0) is 4.74 Å². The third-order valence-electron chi connectivity index (χ3n) is 3.44. The second-order valence-corrected chi connectivity index (χ2v) is 5.45. The van der Waals surface area contributed by atoms with Gasteiger partial charge in [0.05, 0.1) is 11.7 Å². The Morgan fingerprint density at radius 3 is 2.85 bits per heavy atom. The summed E-state index contributed by atoms with van der Waals surface area (Å²) in [5.74, 6) is -1.02. The number of halogens is 2. The third-order valence-corrected chi connectivity index (χ3v) is 3.67. The van der Waals surface area contributed by atoms with E-state index in [4.69, 9.17) is 16.3 Å². The number of nitrogens with one attached hydrogen (secondary N) is 1. The van der Waals surface area contributed by atoms with Gasteiger partial charge in [-0.1, -0.05) is 24.4 Å². The Hall–Kier alpha value is -1.13. The number of hydrogen-bond donors (Lipinski definition) is 1. The Kier molecular flexibility index (Phi) is 5.80. The first kappa shape index (κ1) is 15.3. The molecule has 0 radical (unpaired) electrons. The fourth-order valence-electron chi connectivity index (χ4n) is 2.35. The van der Waals surface area contributed by atoms with Crippen molar-refractivity contribution in [2.75, 3.05) is 13.2 Å². The topological polar surface area (TPSA) is 38.3 Å². The summed E-state index contributed by atoms with van der Waals surface area (Å²) in [4.78, 5) is 11.8. The number of hydrogen-bond acceptors (Lipinski definition) is 2. The van der Waals surface area contributed by atoms with Crippen molar-refractivity contribution in [3.05, 3.63) is 34.6 Å². The fraction of sp³-hybridized carbons (Fsp3) is 0.533. The molecule has 0 saturated heterocycles. The highest BCUT2D eigenvalue weighted by molar-refractivity contribution is 6.30. The van der Waals surface area contributed by atoms with Gasteiger partial charge >= 0.3 is 0 Å². The van der Waals surface area contributed by atoms with Gasteiger partial charge in [-0.25, -0.2) is 4.39 Å². The molecule has 0 aliphatic heterocycles. The van der Waals surface area contributed by atoms with Crippen LogP contribution in [0.5, 0.6) is 0 Å². The molecule has 0 heterocycles. The monoisotopic (exact) mass is 299 g/mol. The molecule has 5 heteroatoms. The lowest BCUT2D eigenvalue weighted by Gasteiger charge is -2.11. The van der Waals surface area contributed by atoms with Crippen molar-refractivity contribution < 1.29 is 13.9 Å². The molecule has 0 unspecified atom stereocenters. The van der Waals surface area contributed by atoms with Crippen LogP contribution < -0.4 is 5.32 Å². The molecule has 1 amide bonds.